The standard InChI is InChI=1S/C15H29N3/c1-7-8-9-10-11-18-14(15(4,5)6)13(12(2)3)16-17-18/h12H,7-11H2,1-6H3. The zero-order chi connectivity index (χ0) is 13.8. The van der Waals surface area contributed by atoms with Crippen molar-refractivity contribution < 1.29 is 0 Å². The minimum atomic E-state index is 0.119. The van der Waals surface area contributed by atoms with Crippen molar-refractivity contribution in [2.24, 2.45) is 0 Å². The van der Waals surface area contributed by atoms with Crippen LogP contribution < -0.4 is 0 Å². The fraction of sp³-hybridized carbons (Fsp3) is 0.867. The van der Waals surface area contributed by atoms with Gasteiger partial charge in [-0.1, -0.05) is 66.0 Å². The van der Waals surface area contributed by atoms with Gasteiger partial charge in [0.15, 0.2) is 0 Å². The second-order valence-corrected chi connectivity index (χ2v) is 6.51. The molecule has 0 atom stereocenters. The lowest BCUT2D eigenvalue weighted by atomic mass is 9.87. The minimum Gasteiger partial charge on any atom is -0.249 e. The van der Waals surface area contributed by atoms with E-state index in [2.05, 4.69) is 56.5 Å². The largest absolute Gasteiger partial charge is 0.249 e. The van der Waals surface area contributed by atoms with Crippen molar-refractivity contribution in [1.82, 2.24) is 15.0 Å². The minimum absolute atomic E-state index is 0.119. The average Bonchev–Trinajstić information content (AvgIpc) is 2.68. The number of aryl methyl sites for hydroxylation is 1. The summed E-state index contributed by atoms with van der Waals surface area (Å²) in [4.78, 5) is 0. The van der Waals surface area contributed by atoms with Gasteiger partial charge in [0, 0.05) is 12.0 Å². The molecule has 0 aromatic carbocycles. The van der Waals surface area contributed by atoms with Gasteiger partial charge in [-0.3, -0.25) is 0 Å². The van der Waals surface area contributed by atoms with Gasteiger partial charge in [-0.15, -0.1) is 5.10 Å². The maximum absolute atomic E-state index is 4.39. The van der Waals surface area contributed by atoms with E-state index < -0.39 is 0 Å². The Morgan fingerprint density at radius 1 is 1.11 bits per heavy atom. The zero-order valence-electron chi connectivity index (χ0n) is 13.0. The van der Waals surface area contributed by atoms with E-state index in [0.29, 0.717) is 5.92 Å². The molecule has 18 heavy (non-hydrogen) atoms. The Hall–Kier alpha value is -0.860. The lowest BCUT2D eigenvalue weighted by molar-refractivity contribution is 0.456. The van der Waals surface area contributed by atoms with Gasteiger partial charge in [-0.25, -0.2) is 4.68 Å². The molecular formula is C15H29N3. The van der Waals surface area contributed by atoms with Crippen molar-refractivity contribution in [2.75, 3.05) is 0 Å². The normalized spacial score (nSPS) is 12.4. The predicted octanol–water partition coefficient (Wildman–Crippen LogP) is 4.28. The summed E-state index contributed by atoms with van der Waals surface area (Å²) in [5.74, 6) is 0.448. The second-order valence-electron chi connectivity index (χ2n) is 6.51. The lowest BCUT2D eigenvalue weighted by Gasteiger charge is -2.22. The van der Waals surface area contributed by atoms with Crippen LogP contribution in [0, 0.1) is 0 Å². The molecule has 0 aliphatic heterocycles. The molecule has 0 saturated carbocycles. The molecular weight excluding hydrogens is 222 g/mol. The second kappa shape index (κ2) is 6.35. The van der Waals surface area contributed by atoms with E-state index in [4.69, 9.17) is 0 Å². The molecule has 0 unspecified atom stereocenters. The third-order valence-electron chi connectivity index (χ3n) is 3.24. The summed E-state index contributed by atoms with van der Waals surface area (Å²) in [5.41, 5.74) is 2.60. The molecule has 0 amide bonds. The first kappa shape index (κ1) is 15.2. The van der Waals surface area contributed by atoms with Gasteiger partial charge in [0.25, 0.3) is 0 Å². The highest BCUT2D eigenvalue weighted by Gasteiger charge is 2.26. The van der Waals surface area contributed by atoms with E-state index in [0.717, 1.165) is 12.2 Å². The fourth-order valence-corrected chi connectivity index (χ4v) is 2.33. The quantitative estimate of drug-likeness (QED) is 0.706. The van der Waals surface area contributed by atoms with Crippen LogP contribution in [0.25, 0.3) is 0 Å². The molecule has 104 valence electrons. The van der Waals surface area contributed by atoms with E-state index >= 15 is 0 Å². The van der Waals surface area contributed by atoms with E-state index in [9.17, 15) is 0 Å². The van der Waals surface area contributed by atoms with Crippen LogP contribution in [0.2, 0.25) is 0 Å². The number of rotatable bonds is 6. The Kier molecular flexibility index (Phi) is 5.36. The lowest BCUT2D eigenvalue weighted by Crippen LogP contribution is -2.21. The van der Waals surface area contributed by atoms with E-state index in [1.165, 1.54) is 31.4 Å². The van der Waals surface area contributed by atoms with Crippen LogP contribution in [0.3, 0.4) is 0 Å². The Morgan fingerprint density at radius 2 is 1.78 bits per heavy atom. The van der Waals surface area contributed by atoms with E-state index in [-0.39, 0.29) is 5.41 Å². The first-order valence-electron chi connectivity index (χ1n) is 7.31. The summed E-state index contributed by atoms with van der Waals surface area (Å²) in [5, 5.41) is 8.76. The highest BCUT2D eigenvalue weighted by atomic mass is 15.4. The maximum Gasteiger partial charge on any atom is 0.0889 e. The van der Waals surface area contributed by atoms with Crippen LogP contribution in [0.1, 0.15) is 84.5 Å². The van der Waals surface area contributed by atoms with Gasteiger partial charge < -0.3 is 0 Å². The fourth-order valence-electron chi connectivity index (χ4n) is 2.33. The van der Waals surface area contributed by atoms with Gasteiger partial charge >= 0.3 is 0 Å². The smallest absolute Gasteiger partial charge is 0.0889 e. The number of aromatic nitrogens is 3. The third-order valence-corrected chi connectivity index (χ3v) is 3.24. The summed E-state index contributed by atoms with van der Waals surface area (Å²) in [6.45, 7) is 14.4. The molecule has 1 heterocycles. The summed E-state index contributed by atoms with van der Waals surface area (Å²) >= 11 is 0. The van der Waals surface area contributed by atoms with Crippen molar-refractivity contribution in [2.45, 2.75) is 85.1 Å². The SMILES string of the molecule is CCCCCCn1nnc(C(C)C)c1C(C)(C)C. The molecule has 0 radical (unpaired) electrons. The van der Waals surface area contributed by atoms with Crippen molar-refractivity contribution >= 4 is 0 Å². The molecule has 1 aromatic rings. The van der Waals surface area contributed by atoms with Gasteiger partial charge in [0.2, 0.25) is 0 Å². The summed E-state index contributed by atoms with van der Waals surface area (Å²) in [6, 6.07) is 0. The first-order chi connectivity index (χ1) is 8.38. The van der Waals surface area contributed by atoms with Gasteiger partial charge in [-0.2, -0.15) is 0 Å². The van der Waals surface area contributed by atoms with Crippen LogP contribution in [0.5, 0.6) is 0 Å². The van der Waals surface area contributed by atoms with Crippen molar-refractivity contribution in [3.8, 4) is 0 Å². The molecule has 0 N–H and O–H groups in total. The van der Waals surface area contributed by atoms with Crippen molar-refractivity contribution in [3.63, 3.8) is 0 Å². The maximum atomic E-state index is 4.39. The number of nitrogens with zero attached hydrogens (tertiary/aromatic N) is 3. The molecule has 0 spiro atoms. The average molecular weight is 251 g/mol. The van der Waals surface area contributed by atoms with Gasteiger partial charge in [0.1, 0.15) is 0 Å². The monoisotopic (exact) mass is 251 g/mol. The molecule has 0 aliphatic carbocycles. The number of hydrogen-bond donors (Lipinski definition) is 0. The Labute approximate surface area is 112 Å². The van der Waals surface area contributed by atoms with Crippen LogP contribution in [-0.2, 0) is 12.0 Å². The van der Waals surface area contributed by atoms with E-state index in [1.807, 2.05) is 0 Å². The Balaban J connectivity index is 2.85. The van der Waals surface area contributed by atoms with Crippen LogP contribution in [-0.4, -0.2) is 15.0 Å². The third kappa shape index (κ3) is 3.82. The van der Waals surface area contributed by atoms with Gasteiger partial charge in [-0.05, 0) is 12.3 Å². The molecule has 1 rings (SSSR count). The highest BCUT2D eigenvalue weighted by Crippen LogP contribution is 2.29. The van der Waals surface area contributed by atoms with Crippen molar-refractivity contribution in [3.05, 3.63) is 11.4 Å². The summed E-state index contributed by atoms with van der Waals surface area (Å²) < 4.78 is 2.13. The Bertz CT molecular complexity index is 358. The predicted molar refractivity (Wildman–Crippen MR) is 77.0 cm³/mol. The first-order valence-corrected chi connectivity index (χ1v) is 7.31. The zero-order valence-corrected chi connectivity index (χ0v) is 13.0. The molecule has 1 aromatic heterocycles. The van der Waals surface area contributed by atoms with Crippen molar-refractivity contribution in [1.29, 1.82) is 0 Å². The Morgan fingerprint density at radius 3 is 2.28 bits per heavy atom. The molecule has 0 bridgehead atoms. The summed E-state index contributed by atoms with van der Waals surface area (Å²) in [7, 11) is 0. The molecule has 0 fully saturated rings. The molecule has 0 saturated heterocycles. The topological polar surface area (TPSA) is 30.7 Å². The number of unbranched alkanes of at least 4 members (excludes halogenated alkanes) is 3. The highest BCUT2D eigenvalue weighted by molar-refractivity contribution is 5.22. The van der Waals surface area contributed by atoms with Crippen LogP contribution in [0.4, 0.5) is 0 Å². The molecule has 3 heteroatoms. The van der Waals surface area contributed by atoms with Crippen LogP contribution in [0.15, 0.2) is 0 Å². The summed E-state index contributed by atoms with van der Waals surface area (Å²) in [6.07, 6.45) is 5.09. The number of hydrogen-bond acceptors (Lipinski definition) is 2. The molecule has 0 aliphatic rings. The van der Waals surface area contributed by atoms with Gasteiger partial charge in [0.05, 0.1) is 11.4 Å². The van der Waals surface area contributed by atoms with Crippen LogP contribution >= 0.6 is 0 Å². The molecule has 3 nitrogen and oxygen atoms in total. The van der Waals surface area contributed by atoms with E-state index in [1.54, 1.807) is 0 Å².